The first-order valence-corrected chi connectivity index (χ1v) is 10.1. The predicted molar refractivity (Wildman–Crippen MR) is 126 cm³/mol. The summed E-state index contributed by atoms with van der Waals surface area (Å²) in [6.45, 7) is 4.75. The van der Waals surface area contributed by atoms with Crippen molar-refractivity contribution >= 4 is 11.0 Å². The van der Waals surface area contributed by atoms with Crippen molar-refractivity contribution in [1.82, 2.24) is 0 Å². The first-order chi connectivity index (χ1) is 15.9. The molecule has 8 heteroatoms. The molecule has 8 nitrogen and oxygen atoms in total. The summed E-state index contributed by atoms with van der Waals surface area (Å²) in [6.07, 6.45) is 3.27. The Morgan fingerprint density at radius 3 is 2.58 bits per heavy atom. The summed E-state index contributed by atoms with van der Waals surface area (Å²) in [5.41, 5.74) is 0.707. The van der Waals surface area contributed by atoms with Gasteiger partial charge >= 0.3 is 0 Å². The molecule has 1 atom stereocenters. The third kappa shape index (κ3) is 6.38. The molecule has 0 spiro atoms. The molecule has 0 saturated heterocycles. The van der Waals surface area contributed by atoms with Crippen molar-refractivity contribution in [3.63, 3.8) is 0 Å². The second-order valence-electron chi connectivity index (χ2n) is 6.90. The van der Waals surface area contributed by atoms with Crippen LogP contribution in [-0.4, -0.2) is 46.9 Å². The zero-order valence-corrected chi connectivity index (χ0v) is 18.5. The minimum Gasteiger partial charge on any atom is -0.516 e. The van der Waals surface area contributed by atoms with Gasteiger partial charge in [0.25, 0.3) is 0 Å². The Balaban J connectivity index is 0.000000890. The molecule has 2 aromatic carbocycles. The largest absolute Gasteiger partial charge is 0.516 e. The zero-order valence-electron chi connectivity index (χ0n) is 18.5. The van der Waals surface area contributed by atoms with Gasteiger partial charge in [0.05, 0.1) is 20.0 Å². The number of phenols is 1. The Bertz CT molecular complexity index is 1160. The maximum Gasteiger partial charge on any atom is 0.197 e. The number of ether oxygens (including phenoxy) is 2. The fourth-order valence-corrected chi connectivity index (χ4v) is 2.95. The van der Waals surface area contributed by atoms with Gasteiger partial charge < -0.3 is 34.3 Å². The van der Waals surface area contributed by atoms with Crippen LogP contribution in [0.5, 0.6) is 17.2 Å². The standard InChI is InChI=1S/C22H22O7.C3H6O/c1-3-5-16-19(28-12-14(24)11-23)10-20-21(22(16)26)17(25)9-18(29-20)13-6-4-7-15(8-13)27-2;1-2-3-4/h3-4,6-10,14,23-24,26H,1,5,11-12H2,2H3;2-4H,1H3. The highest BCUT2D eigenvalue weighted by Crippen LogP contribution is 2.37. The normalized spacial score (nSPS) is 11.6. The number of rotatable bonds is 8. The quantitative estimate of drug-likeness (QED) is 0.298. The number of methoxy groups -OCH3 is 1. The van der Waals surface area contributed by atoms with E-state index in [4.69, 9.17) is 24.1 Å². The van der Waals surface area contributed by atoms with Crippen LogP contribution in [0.2, 0.25) is 0 Å². The number of aliphatic hydroxyl groups is 3. The summed E-state index contributed by atoms with van der Waals surface area (Å²) in [5, 5.41) is 37.0. The van der Waals surface area contributed by atoms with Gasteiger partial charge in [-0.3, -0.25) is 4.79 Å². The SMILES string of the molecule is C=CCc1c(OCC(O)CO)cc2oc(-c3cccc(OC)c3)cc(=O)c2c1O.CC=CO. The van der Waals surface area contributed by atoms with E-state index in [0.717, 1.165) is 6.26 Å². The second kappa shape index (κ2) is 12.3. The summed E-state index contributed by atoms with van der Waals surface area (Å²) in [7, 11) is 1.54. The molecular formula is C25H28O8. The third-order valence-corrected chi connectivity index (χ3v) is 4.55. The summed E-state index contributed by atoms with van der Waals surface area (Å²) < 4.78 is 16.6. The van der Waals surface area contributed by atoms with Crippen LogP contribution in [0.1, 0.15) is 12.5 Å². The lowest BCUT2D eigenvalue weighted by atomic mass is 10.0. The lowest BCUT2D eigenvalue weighted by Gasteiger charge is -2.16. The second-order valence-corrected chi connectivity index (χ2v) is 6.90. The van der Waals surface area contributed by atoms with Crippen molar-refractivity contribution in [2.24, 2.45) is 0 Å². The van der Waals surface area contributed by atoms with E-state index in [2.05, 4.69) is 6.58 Å². The molecule has 3 aromatic rings. The highest BCUT2D eigenvalue weighted by Gasteiger charge is 2.19. The molecule has 1 heterocycles. The number of allylic oxidation sites excluding steroid dienone is 2. The molecular weight excluding hydrogens is 428 g/mol. The van der Waals surface area contributed by atoms with Gasteiger partial charge in [-0.1, -0.05) is 24.3 Å². The van der Waals surface area contributed by atoms with Gasteiger partial charge in [-0.25, -0.2) is 0 Å². The average molecular weight is 456 g/mol. The summed E-state index contributed by atoms with van der Waals surface area (Å²) in [5.74, 6) is 0.880. The van der Waals surface area contributed by atoms with Crippen LogP contribution in [0.4, 0.5) is 0 Å². The van der Waals surface area contributed by atoms with E-state index in [0.29, 0.717) is 22.6 Å². The Kier molecular flexibility index (Phi) is 9.53. The van der Waals surface area contributed by atoms with E-state index in [9.17, 15) is 15.0 Å². The molecule has 4 N–H and O–H groups in total. The number of phenolic OH excluding ortho intramolecular Hbond substituents is 1. The van der Waals surface area contributed by atoms with Gasteiger partial charge in [-0.05, 0) is 25.5 Å². The van der Waals surface area contributed by atoms with E-state index in [1.54, 1.807) is 50.5 Å². The molecule has 3 rings (SSSR count). The summed E-state index contributed by atoms with van der Waals surface area (Å²) in [6, 6.07) is 9.84. The van der Waals surface area contributed by atoms with Crippen LogP contribution in [0, 0.1) is 0 Å². The van der Waals surface area contributed by atoms with Crippen molar-refractivity contribution in [1.29, 1.82) is 0 Å². The maximum atomic E-state index is 12.7. The number of aliphatic hydroxyl groups excluding tert-OH is 3. The summed E-state index contributed by atoms with van der Waals surface area (Å²) in [4.78, 5) is 12.7. The van der Waals surface area contributed by atoms with Crippen LogP contribution in [0.3, 0.4) is 0 Å². The van der Waals surface area contributed by atoms with Crippen LogP contribution < -0.4 is 14.9 Å². The van der Waals surface area contributed by atoms with E-state index < -0.39 is 18.1 Å². The number of benzene rings is 2. The zero-order chi connectivity index (χ0) is 24.4. The van der Waals surface area contributed by atoms with Gasteiger partial charge in [-0.2, -0.15) is 0 Å². The maximum absolute atomic E-state index is 12.7. The molecule has 0 aliphatic carbocycles. The van der Waals surface area contributed by atoms with Gasteiger partial charge in [-0.15, -0.1) is 6.58 Å². The highest BCUT2D eigenvalue weighted by atomic mass is 16.5. The monoisotopic (exact) mass is 456 g/mol. The highest BCUT2D eigenvalue weighted by molar-refractivity contribution is 5.88. The van der Waals surface area contributed by atoms with Gasteiger partial charge in [0, 0.05) is 23.3 Å². The predicted octanol–water partition coefficient (Wildman–Crippen LogP) is 3.71. The van der Waals surface area contributed by atoms with Crippen LogP contribution in [0.25, 0.3) is 22.3 Å². The lowest BCUT2D eigenvalue weighted by molar-refractivity contribution is 0.0533. The van der Waals surface area contributed by atoms with Gasteiger partial charge in [0.15, 0.2) is 5.43 Å². The number of hydrogen-bond acceptors (Lipinski definition) is 8. The van der Waals surface area contributed by atoms with Crippen molar-refractivity contribution < 1.29 is 34.3 Å². The fourth-order valence-electron chi connectivity index (χ4n) is 2.95. The molecule has 33 heavy (non-hydrogen) atoms. The average Bonchev–Trinajstić information content (AvgIpc) is 2.84. The molecule has 0 amide bonds. The molecule has 0 aliphatic rings. The Morgan fingerprint density at radius 1 is 1.24 bits per heavy atom. The molecule has 0 saturated carbocycles. The van der Waals surface area contributed by atoms with Crippen molar-refractivity contribution in [2.45, 2.75) is 19.4 Å². The molecule has 0 aliphatic heterocycles. The lowest BCUT2D eigenvalue weighted by Crippen LogP contribution is -2.21. The molecule has 1 unspecified atom stereocenters. The van der Waals surface area contributed by atoms with Crippen molar-refractivity contribution in [2.75, 3.05) is 20.3 Å². The van der Waals surface area contributed by atoms with Crippen LogP contribution in [0.15, 0.2) is 70.6 Å². The van der Waals surface area contributed by atoms with E-state index >= 15 is 0 Å². The fraction of sp³-hybridized carbons (Fsp3) is 0.240. The Labute approximate surface area is 191 Å². The van der Waals surface area contributed by atoms with Crippen molar-refractivity contribution in [3.8, 4) is 28.6 Å². The minimum atomic E-state index is -1.08. The van der Waals surface area contributed by atoms with Crippen LogP contribution in [-0.2, 0) is 6.42 Å². The third-order valence-electron chi connectivity index (χ3n) is 4.55. The van der Waals surface area contributed by atoms with E-state index in [1.165, 1.54) is 12.1 Å². The Hall–Kier alpha value is -3.75. The molecule has 1 aromatic heterocycles. The smallest absolute Gasteiger partial charge is 0.197 e. The first-order valence-electron chi connectivity index (χ1n) is 10.1. The number of hydrogen-bond donors (Lipinski definition) is 4. The Morgan fingerprint density at radius 2 is 1.97 bits per heavy atom. The molecule has 0 fully saturated rings. The van der Waals surface area contributed by atoms with Gasteiger partial charge in [0.2, 0.25) is 0 Å². The molecule has 176 valence electrons. The topological polar surface area (TPSA) is 130 Å². The number of aromatic hydroxyl groups is 1. The van der Waals surface area contributed by atoms with Crippen LogP contribution >= 0.6 is 0 Å². The summed E-state index contributed by atoms with van der Waals surface area (Å²) >= 11 is 0. The van der Waals surface area contributed by atoms with Crippen molar-refractivity contribution in [3.05, 3.63) is 77.2 Å². The van der Waals surface area contributed by atoms with E-state index in [1.807, 2.05) is 0 Å². The molecule has 0 radical (unpaired) electrons. The minimum absolute atomic E-state index is 0.0311. The number of fused-ring (bicyclic) bond motifs is 1. The van der Waals surface area contributed by atoms with E-state index in [-0.39, 0.29) is 35.5 Å². The first kappa shape index (κ1) is 25.5. The molecule has 0 bridgehead atoms. The van der Waals surface area contributed by atoms with Gasteiger partial charge in [0.1, 0.15) is 46.7 Å².